The number of esters is 3. The average molecular weight is 813 g/mol. The van der Waals surface area contributed by atoms with Crippen molar-refractivity contribution in [3.05, 3.63) is 24.3 Å². The molecule has 14 heteroatoms. The molecule has 0 aromatic heterocycles. The number of amides is 2. The lowest BCUT2D eigenvalue weighted by Gasteiger charge is -2.60. The van der Waals surface area contributed by atoms with Crippen LogP contribution in [0.15, 0.2) is 24.3 Å². The molecule has 5 rings (SSSR count). The second-order valence-electron chi connectivity index (χ2n) is 19.9. The van der Waals surface area contributed by atoms with Crippen LogP contribution < -0.4 is 10.6 Å². The van der Waals surface area contributed by atoms with Gasteiger partial charge in [0.25, 0.3) is 0 Å². The number of carbonyl (C=O) groups is 7. The fourth-order valence-electron chi connectivity index (χ4n) is 11.4. The Morgan fingerprint density at radius 3 is 2.05 bits per heavy atom. The molecule has 4 saturated carbocycles. The van der Waals surface area contributed by atoms with Gasteiger partial charge in [-0.15, -0.1) is 0 Å². The minimum absolute atomic E-state index is 0.0181. The summed E-state index contributed by atoms with van der Waals surface area (Å²) < 4.78 is 28.0. The van der Waals surface area contributed by atoms with E-state index in [0.29, 0.717) is 12.8 Å². The number of ether oxygens (including phenoxy) is 5. The van der Waals surface area contributed by atoms with E-state index in [0.717, 1.165) is 25.7 Å². The van der Waals surface area contributed by atoms with Gasteiger partial charge in [0.15, 0.2) is 17.7 Å². The van der Waals surface area contributed by atoms with Crippen LogP contribution in [0.5, 0.6) is 0 Å². The smallest absolute Gasteiger partial charge is 0.408 e. The zero-order valence-corrected chi connectivity index (χ0v) is 36.2. The third-order valence-corrected chi connectivity index (χ3v) is 14.1. The number of ketones is 2. The van der Waals surface area contributed by atoms with E-state index >= 15 is 0 Å². The maximum Gasteiger partial charge on any atom is 0.408 e. The number of carbonyl (C=O) groups excluding carboxylic acids is 7. The molecule has 58 heavy (non-hydrogen) atoms. The second-order valence-corrected chi connectivity index (χ2v) is 19.9. The molecule has 0 aromatic carbocycles. The van der Waals surface area contributed by atoms with Gasteiger partial charge in [-0.3, -0.25) is 24.0 Å². The normalized spacial score (nSPS) is 34.3. The molecular formula is C44H64N2O12. The quantitative estimate of drug-likeness (QED) is 0.129. The summed E-state index contributed by atoms with van der Waals surface area (Å²) in [5, 5.41) is 4.75. The van der Waals surface area contributed by atoms with E-state index in [1.54, 1.807) is 54.5 Å². The van der Waals surface area contributed by atoms with E-state index < -0.39 is 95.0 Å². The minimum atomic E-state index is -1.48. The number of allylic oxidation sites excluding steroid dienone is 2. The first-order valence-electron chi connectivity index (χ1n) is 20.6. The maximum atomic E-state index is 14.8. The summed E-state index contributed by atoms with van der Waals surface area (Å²) >= 11 is 0. The summed E-state index contributed by atoms with van der Waals surface area (Å²) in [4.78, 5) is 91.2. The Labute approximate surface area is 342 Å². The summed E-state index contributed by atoms with van der Waals surface area (Å²) in [6.45, 7) is 22.2. The Hall–Kier alpha value is -4.23. The van der Waals surface area contributed by atoms with Crippen LogP contribution in [0.1, 0.15) is 115 Å². The van der Waals surface area contributed by atoms with Gasteiger partial charge in [0, 0.05) is 24.7 Å². The molecular weight excluding hydrogens is 748 g/mol. The SMILES string of the molecule is C=C(C(=O)[C@H](OC(=O)CNC(=O)OC(C)(C)C)C1[C@@H](OC(C)=O)C[C@@]2(C)[C@@H]3CC[C@H]4[C@H](C)C(=O)C=C[C@@]45C[C@@]35CC[C@]12C)[C@@H](C)COC(=O)CNC(=O)OC(C)(C)C. The van der Waals surface area contributed by atoms with E-state index in [4.69, 9.17) is 23.7 Å². The van der Waals surface area contributed by atoms with Gasteiger partial charge in [0.2, 0.25) is 0 Å². The molecule has 0 heterocycles. The zero-order chi connectivity index (χ0) is 43.4. The Kier molecular flexibility index (Phi) is 12.2. The first-order valence-corrected chi connectivity index (χ1v) is 20.6. The first kappa shape index (κ1) is 44.9. The molecule has 322 valence electrons. The van der Waals surface area contributed by atoms with Crippen LogP contribution in [0.3, 0.4) is 0 Å². The summed E-state index contributed by atoms with van der Waals surface area (Å²) in [7, 11) is 0. The fourth-order valence-corrected chi connectivity index (χ4v) is 11.4. The Balaban J connectivity index is 1.42. The largest absolute Gasteiger partial charge is 0.464 e. The van der Waals surface area contributed by atoms with E-state index in [2.05, 4.69) is 37.1 Å². The first-order chi connectivity index (χ1) is 26.7. The van der Waals surface area contributed by atoms with Crippen LogP contribution in [0, 0.1) is 51.2 Å². The van der Waals surface area contributed by atoms with Gasteiger partial charge < -0.3 is 34.3 Å². The van der Waals surface area contributed by atoms with Crippen molar-refractivity contribution in [3.63, 3.8) is 0 Å². The molecule has 2 spiro atoms. The molecule has 5 aliphatic carbocycles. The summed E-state index contributed by atoms with van der Waals surface area (Å²) in [5.74, 6) is -3.81. The molecule has 1 unspecified atom stereocenters. The van der Waals surface area contributed by atoms with Crippen LogP contribution in [-0.4, -0.2) is 84.8 Å². The molecule has 0 radical (unpaired) electrons. The Morgan fingerprint density at radius 1 is 0.897 bits per heavy atom. The van der Waals surface area contributed by atoms with Gasteiger partial charge in [0.1, 0.15) is 30.4 Å². The lowest BCUT2D eigenvalue weighted by atomic mass is 9.43. The monoisotopic (exact) mass is 812 g/mol. The van der Waals surface area contributed by atoms with Crippen molar-refractivity contribution in [2.75, 3.05) is 19.7 Å². The molecule has 2 amide bonds. The Morgan fingerprint density at radius 2 is 1.48 bits per heavy atom. The van der Waals surface area contributed by atoms with Crippen LogP contribution in [-0.2, 0) is 47.7 Å². The topological polar surface area (TPSA) is 190 Å². The van der Waals surface area contributed by atoms with Crippen LogP contribution in [0.2, 0.25) is 0 Å². The van der Waals surface area contributed by atoms with Gasteiger partial charge in [-0.25, -0.2) is 9.59 Å². The molecule has 2 N–H and O–H groups in total. The highest BCUT2D eigenvalue weighted by Gasteiger charge is 2.82. The van der Waals surface area contributed by atoms with Gasteiger partial charge in [0.05, 0.1) is 6.61 Å². The molecule has 0 bridgehead atoms. The van der Waals surface area contributed by atoms with Gasteiger partial charge >= 0.3 is 30.1 Å². The number of hydrogen-bond acceptors (Lipinski definition) is 12. The number of hydrogen-bond donors (Lipinski definition) is 2. The summed E-state index contributed by atoms with van der Waals surface area (Å²) in [5.41, 5.74) is -2.84. The molecule has 4 fully saturated rings. The molecule has 5 aliphatic rings. The maximum absolute atomic E-state index is 14.8. The van der Waals surface area contributed by atoms with E-state index in [-0.39, 0.29) is 46.5 Å². The average Bonchev–Trinajstić information content (AvgIpc) is 3.71. The predicted molar refractivity (Wildman–Crippen MR) is 211 cm³/mol. The summed E-state index contributed by atoms with van der Waals surface area (Å²) in [6, 6.07) is 0. The van der Waals surface area contributed by atoms with Crippen molar-refractivity contribution in [1.29, 1.82) is 0 Å². The second kappa shape index (κ2) is 15.7. The highest BCUT2D eigenvalue weighted by Crippen LogP contribution is 2.87. The zero-order valence-electron chi connectivity index (χ0n) is 36.2. The molecule has 0 aromatic rings. The Bertz CT molecular complexity index is 1760. The highest BCUT2D eigenvalue weighted by atomic mass is 16.6. The van der Waals surface area contributed by atoms with Crippen LogP contribution >= 0.6 is 0 Å². The standard InChI is InChI=1S/C44H64N2O12/c1-24(22-54-32(49)20-45-37(52)57-39(5,6)7)25(2)35(51)36(56-33(50)21-46-38(53)58-40(8,9)10)34-30(55-27(4)47)19-42(12)31-14-13-28-26(3)29(48)15-16-43(28)23-44(31,43)18-17-41(34,42)11/h15-16,24,26,28,30-31,34,36H,2,13-14,17-23H2,1,3-12H3,(H,45,52)(H,46,53)/t24-,26-,28-,30-,31-,34?,36+,41+,42-,43+,44-/m0/s1. The minimum Gasteiger partial charge on any atom is -0.464 e. The van der Waals surface area contributed by atoms with Crippen molar-refractivity contribution in [1.82, 2.24) is 10.6 Å². The lowest BCUT2D eigenvalue weighted by molar-refractivity contribution is -0.174. The highest BCUT2D eigenvalue weighted by molar-refractivity contribution is 6.00. The number of alkyl carbamates (subject to hydrolysis) is 2. The number of Topliss-reactive ketones (excluding diaryl/α,β-unsaturated/α-hetero) is 1. The lowest BCUT2D eigenvalue weighted by Crippen LogP contribution is -2.57. The van der Waals surface area contributed by atoms with Crippen molar-refractivity contribution in [2.45, 2.75) is 138 Å². The van der Waals surface area contributed by atoms with E-state index in [9.17, 15) is 33.6 Å². The fraction of sp³-hybridized carbons (Fsp3) is 0.750. The third-order valence-electron chi connectivity index (χ3n) is 14.1. The third kappa shape index (κ3) is 8.44. The van der Waals surface area contributed by atoms with E-state index in [1.165, 1.54) is 6.92 Å². The van der Waals surface area contributed by atoms with Crippen LogP contribution in [0.4, 0.5) is 9.59 Å². The molecule has 14 nitrogen and oxygen atoms in total. The molecule has 11 atom stereocenters. The predicted octanol–water partition coefficient (Wildman–Crippen LogP) is 6.19. The van der Waals surface area contributed by atoms with Crippen molar-refractivity contribution in [3.8, 4) is 0 Å². The van der Waals surface area contributed by atoms with Gasteiger partial charge in [-0.1, -0.05) is 40.3 Å². The van der Waals surface area contributed by atoms with E-state index in [1.807, 2.05) is 6.92 Å². The molecule has 0 aliphatic heterocycles. The van der Waals surface area contributed by atoms with Gasteiger partial charge in [-0.2, -0.15) is 0 Å². The van der Waals surface area contributed by atoms with Crippen LogP contribution in [0.25, 0.3) is 0 Å². The number of nitrogens with one attached hydrogen (secondary N) is 2. The van der Waals surface area contributed by atoms with Gasteiger partial charge in [-0.05, 0) is 125 Å². The number of fused-ring (bicyclic) bond motifs is 2. The van der Waals surface area contributed by atoms with Crippen molar-refractivity contribution in [2.24, 2.45) is 51.2 Å². The number of rotatable bonds is 12. The summed E-state index contributed by atoms with van der Waals surface area (Å²) in [6.07, 6.45) is 4.67. The van der Waals surface area contributed by atoms with Crippen molar-refractivity contribution >= 4 is 41.7 Å². The molecule has 0 saturated heterocycles. The van der Waals surface area contributed by atoms with Crippen molar-refractivity contribution < 1.29 is 57.2 Å².